The van der Waals surface area contributed by atoms with Gasteiger partial charge in [-0.25, -0.2) is 0 Å². The fourth-order valence-electron chi connectivity index (χ4n) is 10.0. The highest BCUT2D eigenvalue weighted by molar-refractivity contribution is 5.70. The van der Waals surface area contributed by atoms with Gasteiger partial charge in [0.1, 0.15) is 6.61 Å². The van der Waals surface area contributed by atoms with Crippen LogP contribution in [0.1, 0.15) is 354 Å². The molecule has 0 aromatic rings. The van der Waals surface area contributed by atoms with E-state index in [-0.39, 0.29) is 25.2 Å². The molecule has 0 spiro atoms. The second kappa shape index (κ2) is 64.1. The van der Waals surface area contributed by atoms with Crippen LogP contribution in [0, 0.1) is 0 Å². The normalized spacial score (nSPS) is 12.4. The molecule has 0 aliphatic carbocycles. The van der Waals surface area contributed by atoms with Gasteiger partial charge in [0.2, 0.25) is 0 Å². The zero-order valence-corrected chi connectivity index (χ0v) is 49.2. The Morgan fingerprint density at radius 1 is 0.329 bits per heavy atom. The van der Waals surface area contributed by atoms with Gasteiger partial charge >= 0.3 is 11.9 Å². The molecule has 73 heavy (non-hydrogen) atoms. The number of carbonyl (C=O) groups excluding carboxylic acids is 2. The Hall–Kier alpha value is -2.14. The van der Waals surface area contributed by atoms with Crippen molar-refractivity contribution in [2.24, 2.45) is 0 Å². The van der Waals surface area contributed by atoms with Crippen LogP contribution in [0.4, 0.5) is 0 Å². The van der Waals surface area contributed by atoms with Gasteiger partial charge in [0.05, 0.1) is 6.61 Å². The highest BCUT2D eigenvalue weighted by Gasteiger charge is 2.16. The third-order valence-corrected chi connectivity index (χ3v) is 14.9. The molecule has 0 bridgehead atoms. The van der Waals surface area contributed by atoms with Gasteiger partial charge < -0.3 is 14.6 Å². The molecule has 428 valence electrons. The van der Waals surface area contributed by atoms with Crippen LogP contribution in [-0.4, -0.2) is 36.4 Å². The maximum Gasteiger partial charge on any atom is 0.306 e. The Labute approximate surface area is 456 Å². The van der Waals surface area contributed by atoms with Gasteiger partial charge in [0.25, 0.3) is 0 Å². The molecule has 1 N–H and O–H groups in total. The quantitative estimate of drug-likeness (QED) is 0.0373. The number of ether oxygens (including phenoxy) is 2. The van der Waals surface area contributed by atoms with Gasteiger partial charge in [-0.2, -0.15) is 0 Å². The van der Waals surface area contributed by atoms with E-state index in [0.717, 1.165) is 64.2 Å². The molecule has 0 amide bonds. The summed E-state index contributed by atoms with van der Waals surface area (Å²) in [7, 11) is 0. The fourth-order valence-corrected chi connectivity index (χ4v) is 10.0. The molecule has 0 fully saturated rings. The lowest BCUT2D eigenvalue weighted by atomic mass is 10.0. The van der Waals surface area contributed by atoms with Crippen LogP contribution in [-0.2, 0) is 19.1 Å². The molecular weight excluding hydrogens is 897 g/mol. The Kier molecular flexibility index (Phi) is 62.3. The molecule has 0 radical (unpaired) electrons. The minimum atomic E-state index is -0.775. The van der Waals surface area contributed by atoms with Crippen molar-refractivity contribution in [3.05, 3.63) is 48.6 Å². The third kappa shape index (κ3) is 62.3. The van der Waals surface area contributed by atoms with E-state index in [9.17, 15) is 14.7 Å². The van der Waals surface area contributed by atoms with Crippen molar-refractivity contribution in [3.8, 4) is 0 Å². The molecule has 0 aliphatic rings. The lowest BCUT2D eigenvalue weighted by Crippen LogP contribution is -2.28. The highest BCUT2D eigenvalue weighted by atomic mass is 16.6. The first kappa shape index (κ1) is 70.9. The number of allylic oxidation sites excluding steroid dienone is 8. The van der Waals surface area contributed by atoms with Gasteiger partial charge in [-0.3, -0.25) is 9.59 Å². The summed E-state index contributed by atoms with van der Waals surface area (Å²) in [6.07, 6.45) is 85.7. The van der Waals surface area contributed by atoms with Crippen LogP contribution in [0.25, 0.3) is 0 Å². The summed E-state index contributed by atoms with van der Waals surface area (Å²) in [5.41, 5.74) is 0. The largest absolute Gasteiger partial charge is 0.462 e. The van der Waals surface area contributed by atoms with E-state index >= 15 is 0 Å². The van der Waals surface area contributed by atoms with Crippen LogP contribution in [0.5, 0.6) is 0 Å². The SMILES string of the molecule is CC/C=C\C/C=C\C/C=C\C/C=C\CCCCCCCCCCCCC(=O)OC(CO)COC(=O)CCCCCCCCCCCCCCCCCCCCCCCCCCCCCCCCCCCCCC. The minimum Gasteiger partial charge on any atom is -0.462 e. The number of rotatable bonds is 61. The summed E-state index contributed by atoms with van der Waals surface area (Å²) < 4.78 is 10.7. The summed E-state index contributed by atoms with van der Waals surface area (Å²) in [6.45, 7) is 4.08. The average Bonchev–Trinajstić information content (AvgIpc) is 3.39. The Balaban J connectivity index is 3.39. The summed E-state index contributed by atoms with van der Waals surface area (Å²) in [5.74, 6) is -0.579. The van der Waals surface area contributed by atoms with Crippen LogP contribution < -0.4 is 0 Å². The zero-order valence-electron chi connectivity index (χ0n) is 49.2. The molecule has 0 aliphatic heterocycles. The van der Waals surface area contributed by atoms with Crippen molar-refractivity contribution in [3.63, 3.8) is 0 Å². The van der Waals surface area contributed by atoms with E-state index in [1.54, 1.807) is 0 Å². The molecule has 5 nitrogen and oxygen atoms in total. The summed E-state index contributed by atoms with van der Waals surface area (Å²) in [6, 6.07) is 0. The average molecular weight is 1020 g/mol. The van der Waals surface area contributed by atoms with Crippen LogP contribution >= 0.6 is 0 Å². The summed E-state index contributed by atoms with van der Waals surface area (Å²) in [5, 5.41) is 9.68. The van der Waals surface area contributed by atoms with Gasteiger partial charge in [-0.15, -0.1) is 0 Å². The van der Waals surface area contributed by atoms with Crippen molar-refractivity contribution in [2.75, 3.05) is 13.2 Å². The molecule has 0 saturated carbocycles. The van der Waals surface area contributed by atoms with E-state index < -0.39 is 6.10 Å². The van der Waals surface area contributed by atoms with Gasteiger partial charge in [-0.05, 0) is 51.4 Å². The smallest absolute Gasteiger partial charge is 0.306 e. The lowest BCUT2D eigenvalue weighted by molar-refractivity contribution is -0.161. The predicted octanol–water partition coefficient (Wildman–Crippen LogP) is 22.4. The number of unbranched alkanes of at least 4 members (excludes halogenated alkanes) is 45. The summed E-state index contributed by atoms with van der Waals surface area (Å²) >= 11 is 0. The highest BCUT2D eigenvalue weighted by Crippen LogP contribution is 2.19. The van der Waals surface area contributed by atoms with E-state index in [0.29, 0.717) is 12.8 Å². The van der Waals surface area contributed by atoms with Crippen LogP contribution in [0.15, 0.2) is 48.6 Å². The molecule has 0 aromatic carbocycles. The van der Waals surface area contributed by atoms with Crippen LogP contribution in [0.2, 0.25) is 0 Å². The number of carbonyl (C=O) groups is 2. The van der Waals surface area contributed by atoms with Crippen molar-refractivity contribution in [2.45, 2.75) is 360 Å². The second-order valence-corrected chi connectivity index (χ2v) is 22.2. The number of aliphatic hydroxyl groups excluding tert-OH is 1. The predicted molar refractivity (Wildman–Crippen MR) is 321 cm³/mol. The molecule has 0 rings (SSSR count). The van der Waals surface area contributed by atoms with Gasteiger partial charge in [-0.1, -0.05) is 339 Å². The number of esters is 2. The minimum absolute atomic E-state index is 0.0643. The molecule has 0 aromatic heterocycles. The van der Waals surface area contributed by atoms with Gasteiger partial charge in [0.15, 0.2) is 6.10 Å². The second-order valence-electron chi connectivity index (χ2n) is 22.2. The standard InChI is InChI=1S/C68H126O5/c1-3-5-7-9-11-13-15-17-19-21-23-25-27-28-29-30-31-32-33-34-35-36-37-38-39-41-42-44-46-48-50-52-54-56-58-60-62-67(70)72-65-66(64-69)73-68(71)63-61-59-57-55-53-51-49-47-45-43-40-26-24-22-20-18-16-14-12-10-8-6-4-2/h6,8,12,14,18,20,24,26,66,69H,3-5,7,9-11,13,15-17,19,21-23,25,27-65H2,1-2H3/b8-6-,14-12-,20-18-,26-24-. The van der Waals surface area contributed by atoms with Crippen molar-refractivity contribution in [1.82, 2.24) is 0 Å². The lowest BCUT2D eigenvalue weighted by Gasteiger charge is -2.15. The van der Waals surface area contributed by atoms with E-state index in [1.807, 2.05) is 0 Å². The van der Waals surface area contributed by atoms with E-state index in [4.69, 9.17) is 9.47 Å². The Morgan fingerprint density at radius 3 is 0.890 bits per heavy atom. The van der Waals surface area contributed by atoms with E-state index in [1.165, 1.54) is 263 Å². The van der Waals surface area contributed by atoms with Crippen molar-refractivity contribution >= 4 is 11.9 Å². The maximum atomic E-state index is 12.3. The molecule has 5 heteroatoms. The maximum absolute atomic E-state index is 12.3. The number of hydrogen-bond acceptors (Lipinski definition) is 5. The van der Waals surface area contributed by atoms with Gasteiger partial charge in [0, 0.05) is 12.8 Å². The van der Waals surface area contributed by atoms with Crippen molar-refractivity contribution < 1.29 is 24.2 Å². The first-order chi connectivity index (χ1) is 36.1. The topological polar surface area (TPSA) is 72.8 Å². The first-order valence-corrected chi connectivity index (χ1v) is 32.7. The zero-order chi connectivity index (χ0) is 52.7. The number of aliphatic hydroxyl groups is 1. The van der Waals surface area contributed by atoms with E-state index in [2.05, 4.69) is 62.5 Å². The molecule has 1 unspecified atom stereocenters. The fraction of sp³-hybridized carbons (Fsp3) is 0.853. The molecule has 0 heterocycles. The Bertz CT molecular complexity index is 1200. The Morgan fingerprint density at radius 2 is 0.589 bits per heavy atom. The first-order valence-electron chi connectivity index (χ1n) is 32.7. The molecular formula is C68H126O5. The summed E-state index contributed by atoms with van der Waals surface area (Å²) in [4.78, 5) is 24.6. The van der Waals surface area contributed by atoms with Crippen molar-refractivity contribution in [1.29, 1.82) is 0 Å². The number of hydrogen-bond donors (Lipinski definition) is 1. The third-order valence-electron chi connectivity index (χ3n) is 14.9. The molecule has 0 saturated heterocycles. The molecule has 1 atom stereocenters. The van der Waals surface area contributed by atoms with Crippen LogP contribution in [0.3, 0.4) is 0 Å². The monoisotopic (exact) mass is 1020 g/mol.